The minimum Gasteiger partial charge on any atom is -0.399 e. The largest absolute Gasteiger partial charge is 0.399 e. The van der Waals surface area contributed by atoms with Crippen molar-refractivity contribution in [1.82, 2.24) is 9.78 Å². The second kappa shape index (κ2) is 7.07. The summed E-state index contributed by atoms with van der Waals surface area (Å²) in [5.41, 5.74) is 6.39. The molecule has 0 aliphatic carbocycles. The minimum atomic E-state index is -0.432. The fraction of sp³-hybridized carbons (Fsp3) is 0.0588. The van der Waals surface area contributed by atoms with Crippen LogP contribution in [0.5, 0.6) is 0 Å². The monoisotopic (exact) mass is 410 g/mol. The van der Waals surface area contributed by atoms with Gasteiger partial charge in [0, 0.05) is 29.4 Å². The number of carbonyl (C=O) groups excluding carboxylic acids is 1. The highest BCUT2D eigenvalue weighted by Crippen LogP contribution is 2.31. The molecule has 1 aromatic heterocycles. The van der Waals surface area contributed by atoms with Crippen LogP contribution in [-0.2, 0) is 0 Å². The number of halogens is 3. The Balaban J connectivity index is 2.01. The molecule has 0 unspecified atom stereocenters. The van der Waals surface area contributed by atoms with Gasteiger partial charge < -0.3 is 5.73 Å². The third kappa shape index (κ3) is 3.44. The van der Waals surface area contributed by atoms with Gasteiger partial charge in [-0.15, -0.1) is 0 Å². The molecule has 9 heteroatoms. The maximum absolute atomic E-state index is 12.6. The molecule has 0 saturated carbocycles. The molecule has 0 bridgehead atoms. The van der Waals surface area contributed by atoms with Crippen LogP contribution in [0.1, 0.15) is 10.4 Å². The zero-order chi connectivity index (χ0) is 19.0. The molecule has 26 heavy (non-hydrogen) atoms. The molecule has 1 amide bonds. The Labute approximate surface area is 163 Å². The molecule has 0 radical (unpaired) electrons. The molecule has 3 N–H and O–H groups in total. The third-order valence-electron chi connectivity index (χ3n) is 3.71. The molecule has 6 nitrogen and oxygen atoms in total. The smallest absolute Gasteiger partial charge is 0.273 e. The third-order valence-corrected chi connectivity index (χ3v) is 4.51. The van der Waals surface area contributed by atoms with Gasteiger partial charge in [-0.05, 0) is 30.3 Å². The summed E-state index contributed by atoms with van der Waals surface area (Å²) >= 11 is 18.2. The maximum atomic E-state index is 12.6. The Kier molecular flexibility index (Phi) is 5.00. The highest BCUT2D eigenvalue weighted by molar-refractivity contribution is 6.40. The first-order valence-electron chi connectivity index (χ1n) is 7.38. The Bertz CT molecular complexity index is 1040. The molecule has 2 aromatic carbocycles. The van der Waals surface area contributed by atoms with Crippen molar-refractivity contribution in [3.8, 4) is 5.69 Å². The van der Waals surface area contributed by atoms with Gasteiger partial charge in [0.05, 0.1) is 10.0 Å². The van der Waals surface area contributed by atoms with Crippen LogP contribution in [-0.4, -0.2) is 22.7 Å². The number of aromatic amines is 1. The van der Waals surface area contributed by atoms with E-state index in [1.54, 1.807) is 24.3 Å². The van der Waals surface area contributed by atoms with Gasteiger partial charge in [0.1, 0.15) is 11.5 Å². The number of anilines is 2. The van der Waals surface area contributed by atoms with Gasteiger partial charge in [0.2, 0.25) is 0 Å². The van der Waals surface area contributed by atoms with Gasteiger partial charge in [-0.3, -0.25) is 19.6 Å². The van der Waals surface area contributed by atoms with Crippen LogP contribution >= 0.6 is 34.8 Å². The van der Waals surface area contributed by atoms with E-state index in [4.69, 9.17) is 40.5 Å². The molecule has 0 spiro atoms. The maximum Gasteiger partial charge on any atom is 0.273 e. The Morgan fingerprint density at radius 3 is 2.38 bits per heavy atom. The molecule has 134 valence electrons. The summed E-state index contributed by atoms with van der Waals surface area (Å²) in [6, 6.07) is 10.8. The van der Waals surface area contributed by atoms with Gasteiger partial charge >= 0.3 is 0 Å². The van der Waals surface area contributed by atoms with Crippen LogP contribution < -0.4 is 16.2 Å². The highest BCUT2D eigenvalue weighted by atomic mass is 35.5. The second-order valence-corrected chi connectivity index (χ2v) is 6.77. The van der Waals surface area contributed by atoms with Crippen molar-refractivity contribution in [2.24, 2.45) is 0 Å². The molecule has 0 fully saturated rings. The molecule has 0 aliphatic heterocycles. The predicted molar refractivity (Wildman–Crippen MR) is 105 cm³/mol. The first-order valence-corrected chi connectivity index (χ1v) is 8.52. The van der Waals surface area contributed by atoms with Crippen molar-refractivity contribution in [3.63, 3.8) is 0 Å². The van der Waals surface area contributed by atoms with Crippen molar-refractivity contribution in [2.75, 3.05) is 17.7 Å². The van der Waals surface area contributed by atoms with Gasteiger partial charge in [-0.25, -0.2) is 4.68 Å². The number of nitrogens with two attached hydrogens (primary N) is 1. The summed E-state index contributed by atoms with van der Waals surface area (Å²) in [6.07, 6.45) is 0. The Morgan fingerprint density at radius 1 is 1.12 bits per heavy atom. The number of hydrogen-bond donors (Lipinski definition) is 2. The summed E-state index contributed by atoms with van der Waals surface area (Å²) in [7, 11) is 1.53. The first kappa shape index (κ1) is 18.4. The molecule has 0 saturated heterocycles. The lowest BCUT2D eigenvalue weighted by atomic mass is 10.2. The lowest BCUT2D eigenvalue weighted by molar-refractivity contribution is 0.0992. The summed E-state index contributed by atoms with van der Waals surface area (Å²) < 4.78 is 1.15. The number of rotatable bonds is 3. The SMILES string of the molecule is CN(C(=O)c1cccc(N)c1)c1cc(=O)n(-c2c(Cl)cc(Cl)cc2Cl)[nH]1. The minimum absolute atomic E-state index is 0.197. The number of nitrogens with one attached hydrogen (secondary N) is 1. The van der Waals surface area contributed by atoms with Crippen LogP contribution in [0.15, 0.2) is 47.3 Å². The number of H-pyrrole nitrogens is 1. The van der Waals surface area contributed by atoms with Gasteiger partial charge in [0.25, 0.3) is 11.5 Å². The molecule has 3 rings (SSSR count). The molecular weight excluding hydrogens is 399 g/mol. The van der Waals surface area contributed by atoms with Crippen molar-refractivity contribution in [1.29, 1.82) is 0 Å². The Morgan fingerprint density at radius 2 is 1.77 bits per heavy atom. The molecule has 1 heterocycles. The average Bonchev–Trinajstić information content (AvgIpc) is 2.94. The van der Waals surface area contributed by atoms with Gasteiger partial charge in [-0.1, -0.05) is 40.9 Å². The van der Waals surface area contributed by atoms with Crippen molar-refractivity contribution < 1.29 is 4.79 Å². The lowest BCUT2D eigenvalue weighted by Crippen LogP contribution is -2.26. The fourth-order valence-electron chi connectivity index (χ4n) is 2.44. The van der Waals surface area contributed by atoms with E-state index in [1.807, 2.05) is 0 Å². The van der Waals surface area contributed by atoms with E-state index in [-0.39, 0.29) is 27.5 Å². The van der Waals surface area contributed by atoms with Crippen LogP contribution in [0.3, 0.4) is 0 Å². The van der Waals surface area contributed by atoms with E-state index in [9.17, 15) is 9.59 Å². The van der Waals surface area contributed by atoms with Gasteiger partial charge in [0.15, 0.2) is 0 Å². The summed E-state index contributed by atoms with van der Waals surface area (Å²) in [5.74, 6) is -0.0662. The van der Waals surface area contributed by atoms with E-state index >= 15 is 0 Å². The Hall–Kier alpha value is -2.41. The normalized spacial score (nSPS) is 10.8. The predicted octanol–water partition coefficient (Wildman–Crippen LogP) is 3.98. The first-order chi connectivity index (χ1) is 12.3. The molecular formula is C17H13Cl3N4O2. The number of nitrogen functional groups attached to an aromatic ring is 1. The molecule has 3 aromatic rings. The summed E-state index contributed by atoms with van der Waals surface area (Å²) in [4.78, 5) is 26.3. The van der Waals surface area contributed by atoms with Crippen molar-refractivity contribution in [2.45, 2.75) is 0 Å². The molecule has 0 atom stereocenters. The van der Waals surface area contributed by atoms with Gasteiger partial charge in [-0.2, -0.15) is 0 Å². The second-order valence-electron chi connectivity index (χ2n) is 5.52. The lowest BCUT2D eigenvalue weighted by Gasteiger charge is -2.15. The van der Waals surface area contributed by atoms with E-state index in [2.05, 4.69) is 5.10 Å². The van der Waals surface area contributed by atoms with E-state index < -0.39 is 5.56 Å². The van der Waals surface area contributed by atoms with E-state index in [1.165, 1.54) is 30.1 Å². The number of aromatic nitrogens is 2. The van der Waals surface area contributed by atoms with E-state index in [0.717, 1.165) is 4.68 Å². The van der Waals surface area contributed by atoms with E-state index in [0.29, 0.717) is 16.3 Å². The number of carbonyl (C=O) groups is 1. The number of nitrogens with zero attached hydrogens (tertiary/aromatic N) is 2. The summed E-state index contributed by atoms with van der Waals surface area (Å²) in [6.45, 7) is 0. The van der Waals surface area contributed by atoms with Crippen molar-refractivity contribution >= 4 is 52.2 Å². The fourth-order valence-corrected chi connectivity index (χ4v) is 3.43. The molecule has 0 aliphatic rings. The van der Waals surface area contributed by atoms with Crippen LogP contribution in [0.25, 0.3) is 5.69 Å². The summed E-state index contributed by atoms with van der Waals surface area (Å²) in [5, 5.41) is 3.57. The average molecular weight is 412 g/mol. The van der Waals surface area contributed by atoms with Crippen molar-refractivity contribution in [3.05, 3.63) is 73.4 Å². The van der Waals surface area contributed by atoms with Crippen LogP contribution in [0.4, 0.5) is 11.5 Å². The van der Waals surface area contributed by atoms with Crippen LogP contribution in [0, 0.1) is 0 Å². The highest BCUT2D eigenvalue weighted by Gasteiger charge is 2.19. The zero-order valence-electron chi connectivity index (χ0n) is 13.5. The standard InChI is InChI=1S/C17H13Cl3N4O2/c1-23(17(26)9-3-2-4-11(21)5-9)14-8-15(25)24(22-14)16-12(19)6-10(18)7-13(16)20/h2-8,22H,21H2,1H3. The quantitative estimate of drug-likeness (QED) is 0.639. The number of benzene rings is 2. The van der Waals surface area contributed by atoms with Crippen LogP contribution in [0.2, 0.25) is 15.1 Å². The number of hydrogen-bond acceptors (Lipinski definition) is 3. The topological polar surface area (TPSA) is 84.1 Å². The zero-order valence-corrected chi connectivity index (χ0v) is 15.7. The number of amides is 1.